The highest BCUT2D eigenvalue weighted by molar-refractivity contribution is 7.92. The van der Waals surface area contributed by atoms with Gasteiger partial charge in [-0.15, -0.1) is 11.3 Å². The molecular formula is C24H25NO3S2. The highest BCUT2D eigenvalue weighted by atomic mass is 32.2. The normalized spacial score (nSPS) is 23.4. The van der Waals surface area contributed by atoms with Crippen LogP contribution in [0.2, 0.25) is 0 Å². The average Bonchev–Trinajstić information content (AvgIpc) is 3.24. The van der Waals surface area contributed by atoms with Crippen molar-refractivity contribution in [3.05, 3.63) is 81.5 Å². The van der Waals surface area contributed by atoms with E-state index in [1.807, 2.05) is 54.7 Å². The van der Waals surface area contributed by atoms with Crippen LogP contribution in [0.25, 0.3) is 0 Å². The monoisotopic (exact) mass is 439 g/mol. The predicted molar refractivity (Wildman–Crippen MR) is 121 cm³/mol. The number of rotatable bonds is 4. The summed E-state index contributed by atoms with van der Waals surface area (Å²) in [7, 11) is -3.68. The Morgan fingerprint density at radius 1 is 0.967 bits per heavy atom. The van der Waals surface area contributed by atoms with Crippen LogP contribution >= 0.6 is 11.3 Å². The van der Waals surface area contributed by atoms with Gasteiger partial charge >= 0.3 is 0 Å². The zero-order valence-corrected chi connectivity index (χ0v) is 18.5. The van der Waals surface area contributed by atoms with Gasteiger partial charge in [0.05, 0.1) is 16.7 Å². The van der Waals surface area contributed by atoms with Crippen LogP contribution in [0.15, 0.2) is 64.9 Å². The number of nitrogens with one attached hydrogen (secondary N) is 1. The third-order valence-corrected chi connectivity index (χ3v) is 8.62. The fourth-order valence-corrected chi connectivity index (χ4v) is 6.84. The van der Waals surface area contributed by atoms with Gasteiger partial charge in [0.25, 0.3) is 10.0 Å². The van der Waals surface area contributed by atoms with E-state index in [1.54, 1.807) is 12.1 Å². The standard InChI is InChI=1S/C24H25NO3S2/c1-16-10-12-17(13-11-16)30(26,27)25-21-8-4-2-6-18(21)23-20-14-15-29-24(20)19-7-3-5-9-22(19)28-23/h2,4,6,8,10-15,19,22-23,25H,3,5,7,9H2,1H3. The van der Waals surface area contributed by atoms with Gasteiger partial charge in [0.1, 0.15) is 6.10 Å². The molecule has 2 aliphatic rings. The van der Waals surface area contributed by atoms with E-state index in [2.05, 4.69) is 16.2 Å². The summed E-state index contributed by atoms with van der Waals surface area (Å²) >= 11 is 1.81. The maximum absolute atomic E-state index is 13.0. The molecule has 3 unspecified atom stereocenters. The second-order valence-electron chi connectivity index (χ2n) is 8.19. The fourth-order valence-electron chi connectivity index (χ4n) is 4.64. The van der Waals surface area contributed by atoms with Crippen molar-refractivity contribution in [2.75, 3.05) is 4.72 Å². The molecule has 0 radical (unpaired) electrons. The number of hydrogen-bond donors (Lipinski definition) is 1. The number of benzene rings is 2. The molecule has 5 rings (SSSR count). The van der Waals surface area contributed by atoms with E-state index in [1.165, 1.54) is 29.7 Å². The molecule has 3 atom stereocenters. The van der Waals surface area contributed by atoms with Crippen molar-refractivity contribution in [3.8, 4) is 0 Å². The molecule has 6 heteroatoms. The van der Waals surface area contributed by atoms with E-state index >= 15 is 0 Å². The van der Waals surface area contributed by atoms with E-state index in [4.69, 9.17) is 4.74 Å². The number of fused-ring (bicyclic) bond motifs is 3. The molecule has 2 heterocycles. The summed E-state index contributed by atoms with van der Waals surface area (Å²) in [5.74, 6) is 0.474. The number of hydrogen-bond acceptors (Lipinski definition) is 4. The molecule has 30 heavy (non-hydrogen) atoms. The van der Waals surface area contributed by atoms with Crippen LogP contribution in [0.4, 0.5) is 5.69 Å². The lowest BCUT2D eigenvalue weighted by Gasteiger charge is -2.40. The number of aryl methyl sites for hydroxylation is 1. The molecule has 1 aromatic heterocycles. The first-order chi connectivity index (χ1) is 14.5. The van der Waals surface area contributed by atoms with Gasteiger partial charge in [-0.3, -0.25) is 4.72 Å². The number of sulfonamides is 1. The molecule has 1 fully saturated rings. The van der Waals surface area contributed by atoms with Crippen LogP contribution < -0.4 is 4.72 Å². The zero-order chi connectivity index (χ0) is 20.7. The first-order valence-corrected chi connectivity index (χ1v) is 12.8. The summed E-state index contributed by atoms with van der Waals surface area (Å²) in [6.07, 6.45) is 4.64. The molecule has 1 N–H and O–H groups in total. The highest BCUT2D eigenvalue weighted by Gasteiger charge is 2.39. The number of thiophene rings is 1. The first kappa shape index (κ1) is 19.8. The summed E-state index contributed by atoms with van der Waals surface area (Å²) in [4.78, 5) is 1.67. The topological polar surface area (TPSA) is 55.4 Å². The van der Waals surface area contributed by atoms with E-state index in [0.717, 1.165) is 17.5 Å². The minimum Gasteiger partial charge on any atom is -0.365 e. The number of anilines is 1. The Hall–Kier alpha value is -2.15. The molecule has 0 bridgehead atoms. The Morgan fingerprint density at radius 2 is 1.73 bits per heavy atom. The molecule has 4 nitrogen and oxygen atoms in total. The van der Waals surface area contributed by atoms with Gasteiger partial charge in [-0.1, -0.05) is 48.7 Å². The zero-order valence-electron chi connectivity index (χ0n) is 16.9. The molecule has 0 saturated heterocycles. The second-order valence-corrected chi connectivity index (χ2v) is 10.8. The third-order valence-electron chi connectivity index (χ3n) is 6.18. The van der Waals surface area contributed by atoms with Crippen LogP contribution in [-0.2, 0) is 14.8 Å². The van der Waals surface area contributed by atoms with Gasteiger partial charge in [0.2, 0.25) is 0 Å². The molecule has 156 valence electrons. The molecule has 1 saturated carbocycles. The summed E-state index contributed by atoms with van der Waals surface area (Å²) in [6, 6.07) is 16.6. The summed E-state index contributed by atoms with van der Waals surface area (Å²) in [5, 5.41) is 2.14. The molecule has 0 spiro atoms. The largest absolute Gasteiger partial charge is 0.365 e. The minimum absolute atomic E-state index is 0.205. The van der Waals surface area contributed by atoms with Crippen LogP contribution in [-0.4, -0.2) is 14.5 Å². The number of ether oxygens (including phenoxy) is 1. The Labute approximate surface area is 182 Å². The smallest absolute Gasteiger partial charge is 0.261 e. The Bertz CT molecular complexity index is 1150. The first-order valence-electron chi connectivity index (χ1n) is 10.4. The van der Waals surface area contributed by atoms with E-state index in [9.17, 15) is 8.42 Å². The molecular weight excluding hydrogens is 414 g/mol. The van der Waals surface area contributed by atoms with Gasteiger partial charge in [0, 0.05) is 16.4 Å². The molecule has 2 aromatic carbocycles. The lowest BCUT2D eigenvalue weighted by atomic mass is 9.80. The van der Waals surface area contributed by atoms with Crippen LogP contribution in [0.1, 0.15) is 59.3 Å². The maximum atomic E-state index is 13.0. The highest BCUT2D eigenvalue weighted by Crippen LogP contribution is 2.50. The van der Waals surface area contributed by atoms with Gasteiger partial charge in [0.15, 0.2) is 0 Å². The van der Waals surface area contributed by atoms with E-state index < -0.39 is 10.0 Å². The molecule has 0 amide bonds. The summed E-state index contributed by atoms with van der Waals surface area (Å²) < 4.78 is 35.5. The van der Waals surface area contributed by atoms with Crippen LogP contribution in [0, 0.1) is 6.92 Å². The fraction of sp³-hybridized carbons (Fsp3) is 0.333. The van der Waals surface area contributed by atoms with E-state index in [-0.39, 0.29) is 17.1 Å². The summed E-state index contributed by atoms with van der Waals surface area (Å²) in [6.45, 7) is 1.94. The summed E-state index contributed by atoms with van der Waals surface area (Å²) in [5.41, 5.74) is 3.66. The Morgan fingerprint density at radius 3 is 2.57 bits per heavy atom. The molecule has 3 aromatic rings. The quantitative estimate of drug-likeness (QED) is 0.542. The van der Waals surface area contributed by atoms with Crippen LogP contribution in [0.5, 0.6) is 0 Å². The Balaban J connectivity index is 1.52. The van der Waals surface area contributed by atoms with Crippen molar-refractivity contribution in [2.24, 2.45) is 0 Å². The second kappa shape index (κ2) is 7.84. The minimum atomic E-state index is -3.68. The van der Waals surface area contributed by atoms with Crippen molar-refractivity contribution in [1.29, 1.82) is 0 Å². The Kier molecular flexibility index (Phi) is 5.17. The maximum Gasteiger partial charge on any atom is 0.261 e. The van der Waals surface area contributed by atoms with Gasteiger partial charge in [-0.2, -0.15) is 0 Å². The predicted octanol–water partition coefficient (Wildman–Crippen LogP) is 6.00. The van der Waals surface area contributed by atoms with Gasteiger partial charge < -0.3 is 4.74 Å². The average molecular weight is 440 g/mol. The van der Waals surface area contributed by atoms with Crippen molar-refractivity contribution >= 4 is 27.0 Å². The lowest BCUT2D eigenvalue weighted by molar-refractivity contribution is -0.0371. The SMILES string of the molecule is Cc1ccc(S(=O)(=O)Nc2ccccc2C2OC3CCCCC3c3sccc32)cc1. The molecule has 1 aliphatic carbocycles. The van der Waals surface area contributed by atoms with Crippen molar-refractivity contribution < 1.29 is 13.2 Å². The van der Waals surface area contributed by atoms with Gasteiger partial charge in [-0.25, -0.2) is 8.42 Å². The number of para-hydroxylation sites is 1. The van der Waals surface area contributed by atoms with Crippen molar-refractivity contribution in [2.45, 2.75) is 55.6 Å². The van der Waals surface area contributed by atoms with Gasteiger partial charge in [-0.05, 0) is 55.0 Å². The van der Waals surface area contributed by atoms with Crippen molar-refractivity contribution in [1.82, 2.24) is 0 Å². The van der Waals surface area contributed by atoms with Crippen molar-refractivity contribution in [3.63, 3.8) is 0 Å². The molecule has 1 aliphatic heterocycles. The third kappa shape index (κ3) is 3.57. The lowest BCUT2D eigenvalue weighted by Crippen LogP contribution is -2.33. The van der Waals surface area contributed by atoms with Crippen LogP contribution in [0.3, 0.4) is 0 Å². The van der Waals surface area contributed by atoms with E-state index in [0.29, 0.717) is 11.6 Å².